The number of hydrogen-bond donors (Lipinski definition) is 1. The maximum absolute atomic E-state index is 13.5. The second-order valence-electron chi connectivity index (χ2n) is 4.05. The first kappa shape index (κ1) is 14.5. The molecule has 0 spiro atoms. The molecule has 20 heavy (non-hydrogen) atoms. The van der Waals surface area contributed by atoms with Gasteiger partial charge in [-0.1, -0.05) is 0 Å². The van der Waals surface area contributed by atoms with Crippen LogP contribution in [0.25, 0.3) is 0 Å². The fourth-order valence-corrected chi connectivity index (χ4v) is 2.07. The molecule has 104 valence electrons. The summed E-state index contributed by atoms with van der Waals surface area (Å²) < 4.78 is 18.9. The maximum atomic E-state index is 13.5. The van der Waals surface area contributed by atoms with Crippen molar-refractivity contribution in [1.29, 1.82) is 0 Å². The number of carbonyl (C=O) groups excluding carboxylic acids is 1. The lowest BCUT2D eigenvalue weighted by molar-refractivity contribution is 0.0595. The van der Waals surface area contributed by atoms with Crippen molar-refractivity contribution in [2.75, 3.05) is 12.4 Å². The van der Waals surface area contributed by atoms with E-state index in [1.165, 1.54) is 19.2 Å². The fraction of sp³-hybridized carbons (Fsp3) is 0.143. The minimum atomic E-state index is -0.699. The van der Waals surface area contributed by atoms with Gasteiger partial charge in [0, 0.05) is 29.1 Å². The van der Waals surface area contributed by atoms with Crippen molar-refractivity contribution in [3.05, 3.63) is 58.1 Å². The van der Waals surface area contributed by atoms with Crippen molar-refractivity contribution >= 4 is 27.6 Å². The molecule has 0 aliphatic heterocycles. The lowest BCUT2D eigenvalue weighted by atomic mass is 10.2. The normalized spacial score (nSPS) is 10.2. The number of nitrogens with one attached hydrogen (secondary N) is 1. The van der Waals surface area contributed by atoms with Crippen LogP contribution in [-0.2, 0) is 11.3 Å². The van der Waals surface area contributed by atoms with E-state index in [4.69, 9.17) is 0 Å². The van der Waals surface area contributed by atoms with Gasteiger partial charge in [0.15, 0.2) is 0 Å². The van der Waals surface area contributed by atoms with Crippen molar-refractivity contribution in [2.24, 2.45) is 0 Å². The van der Waals surface area contributed by atoms with E-state index in [1.807, 2.05) is 6.07 Å². The number of methoxy groups -OCH3 is 1. The van der Waals surface area contributed by atoms with E-state index in [0.29, 0.717) is 12.2 Å². The summed E-state index contributed by atoms with van der Waals surface area (Å²) in [5.74, 6) is -1.30. The SMILES string of the molecule is COC(=O)c1cc(NCc2cncc(Br)c2)ccc1F. The summed E-state index contributed by atoms with van der Waals surface area (Å²) >= 11 is 3.34. The number of halogens is 2. The first-order chi connectivity index (χ1) is 9.60. The number of carbonyl (C=O) groups is 1. The van der Waals surface area contributed by atoms with Gasteiger partial charge in [0.25, 0.3) is 0 Å². The molecule has 0 saturated carbocycles. The third-order valence-electron chi connectivity index (χ3n) is 2.63. The number of esters is 1. The Balaban J connectivity index is 2.12. The Labute approximate surface area is 124 Å². The predicted molar refractivity (Wildman–Crippen MR) is 77.0 cm³/mol. The van der Waals surface area contributed by atoms with Crippen LogP contribution in [0.2, 0.25) is 0 Å². The second kappa shape index (κ2) is 6.47. The Bertz CT molecular complexity index is 634. The molecule has 1 aromatic heterocycles. The number of nitrogens with zero attached hydrogens (tertiary/aromatic N) is 1. The molecule has 0 amide bonds. The fourth-order valence-electron chi connectivity index (χ4n) is 1.66. The molecule has 0 radical (unpaired) electrons. The highest BCUT2D eigenvalue weighted by Crippen LogP contribution is 2.17. The Morgan fingerprint density at radius 2 is 2.20 bits per heavy atom. The van der Waals surface area contributed by atoms with Gasteiger partial charge in [-0.3, -0.25) is 4.98 Å². The molecule has 0 atom stereocenters. The van der Waals surface area contributed by atoms with Crippen LogP contribution in [0.15, 0.2) is 41.1 Å². The number of anilines is 1. The molecule has 1 aromatic carbocycles. The summed E-state index contributed by atoms with van der Waals surface area (Å²) in [6.45, 7) is 0.513. The highest BCUT2D eigenvalue weighted by molar-refractivity contribution is 9.10. The molecule has 0 unspecified atom stereocenters. The van der Waals surface area contributed by atoms with Crippen LogP contribution in [-0.4, -0.2) is 18.1 Å². The zero-order chi connectivity index (χ0) is 14.5. The molecular formula is C14H12BrFN2O2. The van der Waals surface area contributed by atoms with Crippen molar-refractivity contribution < 1.29 is 13.9 Å². The minimum absolute atomic E-state index is 0.0927. The van der Waals surface area contributed by atoms with Gasteiger partial charge in [-0.15, -0.1) is 0 Å². The molecule has 1 N–H and O–H groups in total. The average Bonchev–Trinajstić information content (AvgIpc) is 2.45. The molecule has 0 aliphatic rings. The van der Waals surface area contributed by atoms with E-state index in [0.717, 1.165) is 10.0 Å². The topological polar surface area (TPSA) is 51.2 Å². The van der Waals surface area contributed by atoms with Crippen LogP contribution in [0.3, 0.4) is 0 Å². The molecule has 0 aliphatic carbocycles. The number of rotatable bonds is 4. The highest BCUT2D eigenvalue weighted by atomic mass is 79.9. The lowest BCUT2D eigenvalue weighted by Gasteiger charge is -2.08. The summed E-state index contributed by atoms with van der Waals surface area (Å²) in [5, 5.41) is 3.10. The van der Waals surface area contributed by atoms with E-state index in [1.54, 1.807) is 18.5 Å². The lowest BCUT2D eigenvalue weighted by Crippen LogP contribution is -2.06. The van der Waals surface area contributed by atoms with E-state index in [2.05, 4.69) is 31.0 Å². The molecule has 6 heteroatoms. The molecule has 2 aromatic rings. The molecule has 1 heterocycles. The van der Waals surface area contributed by atoms with Crippen LogP contribution in [0.5, 0.6) is 0 Å². The molecule has 0 saturated heterocycles. The number of ether oxygens (including phenoxy) is 1. The van der Waals surface area contributed by atoms with Crippen LogP contribution < -0.4 is 5.32 Å². The minimum Gasteiger partial charge on any atom is -0.465 e. The standard InChI is InChI=1S/C14H12BrFN2O2/c1-20-14(19)12-5-11(2-3-13(12)16)18-7-9-4-10(15)8-17-6-9/h2-6,8,18H,7H2,1H3. The van der Waals surface area contributed by atoms with Gasteiger partial charge < -0.3 is 10.1 Å². The van der Waals surface area contributed by atoms with Crippen LogP contribution in [0, 0.1) is 5.82 Å². The van der Waals surface area contributed by atoms with E-state index in [-0.39, 0.29) is 5.56 Å². The maximum Gasteiger partial charge on any atom is 0.340 e. The van der Waals surface area contributed by atoms with Crippen molar-refractivity contribution in [2.45, 2.75) is 6.54 Å². The molecule has 0 bridgehead atoms. The largest absolute Gasteiger partial charge is 0.465 e. The predicted octanol–water partition coefficient (Wildman–Crippen LogP) is 3.38. The monoisotopic (exact) mass is 338 g/mol. The number of benzene rings is 1. The smallest absolute Gasteiger partial charge is 0.340 e. The summed E-state index contributed by atoms with van der Waals surface area (Å²) in [5.41, 5.74) is 1.50. The molecule has 2 rings (SSSR count). The van der Waals surface area contributed by atoms with Gasteiger partial charge in [0.1, 0.15) is 5.82 Å². The Hall–Kier alpha value is -1.95. The summed E-state index contributed by atoms with van der Waals surface area (Å²) in [4.78, 5) is 15.4. The first-order valence-corrected chi connectivity index (χ1v) is 6.60. The zero-order valence-corrected chi connectivity index (χ0v) is 12.3. The first-order valence-electron chi connectivity index (χ1n) is 5.81. The molecular weight excluding hydrogens is 327 g/mol. The van der Waals surface area contributed by atoms with Gasteiger partial charge in [-0.2, -0.15) is 0 Å². The van der Waals surface area contributed by atoms with Crippen molar-refractivity contribution in [3.8, 4) is 0 Å². The Kier molecular flexibility index (Phi) is 4.68. The number of aromatic nitrogens is 1. The third-order valence-corrected chi connectivity index (χ3v) is 3.06. The number of hydrogen-bond acceptors (Lipinski definition) is 4. The second-order valence-corrected chi connectivity index (χ2v) is 4.97. The van der Waals surface area contributed by atoms with Crippen LogP contribution >= 0.6 is 15.9 Å². The van der Waals surface area contributed by atoms with E-state index < -0.39 is 11.8 Å². The van der Waals surface area contributed by atoms with E-state index >= 15 is 0 Å². The summed E-state index contributed by atoms with van der Waals surface area (Å²) in [6, 6.07) is 6.14. The summed E-state index contributed by atoms with van der Waals surface area (Å²) in [7, 11) is 1.22. The summed E-state index contributed by atoms with van der Waals surface area (Å²) in [6.07, 6.45) is 3.42. The molecule has 0 fully saturated rings. The van der Waals surface area contributed by atoms with Crippen LogP contribution in [0.1, 0.15) is 15.9 Å². The van der Waals surface area contributed by atoms with Gasteiger partial charge in [-0.05, 0) is 45.8 Å². The van der Waals surface area contributed by atoms with Gasteiger partial charge in [0.2, 0.25) is 0 Å². The third kappa shape index (κ3) is 3.54. The van der Waals surface area contributed by atoms with Gasteiger partial charge >= 0.3 is 5.97 Å². The quantitative estimate of drug-likeness (QED) is 0.868. The highest BCUT2D eigenvalue weighted by Gasteiger charge is 2.12. The Morgan fingerprint density at radius 1 is 1.40 bits per heavy atom. The van der Waals surface area contributed by atoms with Crippen LogP contribution in [0.4, 0.5) is 10.1 Å². The number of pyridine rings is 1. The van der Waals surface area contributed by atoms with E-state index in [9.17, 15) is 9.18 Å². The van der Waals surface area contributed by atoms with Crippen molar-refractivity contribution in [1.82, 2.24) is 4.98 Å². The van der Waals surface area contributed by atoms with Gasteiger partial charge in [0.05, 0.1) is 12.7 Å². The van der Waals surface area contributed by atoms with Crippen molar-refractivity contribution in [3.63, 3.8) is 0 Å². The average molecular weight is 339 g/mol. The zero-order valence-electron chi connectivity index (χ0n) is 10.7. The van der Waals surface area contributed by atoms with Gasteiger partial charge in [-0.25, -0.2) is 9.18 Å². The molecule has 4 nitrogen and oxygen atoms in total. The Morgan fingerprint density at radius 3 is 2.90 bits per heavy atom.